The molecule has 2 unspecified atom stereocenters. The highest BCUT2D eigenvalue weighted by Crippen LogP contribution is 2.44. The van der Waals surface area contributed by atoms with E-state index in [1.165, 1.54) is 17.9 Å². The van der Waals surface area contributed by atoms with Crippen molar-refractivity contribution in [3.05, 3.63) is 11.7 Å². The molecule has 1 aromatic rings. The maximum atomic E-state index is 5.73. The topological polar surface area (TPSA) is 51.0 Å². The van der Waals surface area contributed by atoms with Crippen molar-refractivity contribution in [2.45, 2.75) is 55.4 Å². The summed E-state index contributed by atoms with van der Waals surface area (Å²) in [6, 6.07) is 0. The zero-order valence-corrected chi connectivity index (χ0v) is 14.6. The van der Waals surface area contributed by atoms with Gasteiger partial charge >= 0.3 is 0 Å². The molecule has 0 bridgehead atoms. The maximum absolute atomic E-state index is 5.73. The Hall–Kier alpha value is -0.200. The first kappa shape index (κ1) is 15.7. The highest BCUT2D eigenvalue weighted by molar-refractivity contribution is 8.06. The van der Waals surface area contributed by atoms with E-state index in [1.54, 1.807) is 0 Å². The van der Waals surface area contributed by atoms with Crippen molar-refractivity contribution in [3.63, 3.8) is 0 Å². The molecule has 0 saturated carbocycles. The molecule has 2 saturated heterocycles. The number of nitrogens with zero attached hydrogens (tertiary/aromatic N) is 2. The van der Waals surface area contributed by atoms with Gasteiger partial charge in [-0.1, -0.05) is 19.0 Å². The number of hydrogen-bond donors (Lipinski definition) is 1. The van der Waals surface area contributed by atoms with Crippen LogP contribution in [0.4, 0.5) is 0 Å². The third kappa shape index (κ3) is 3.13. The van der Waals surface area contributed by atoms with E-state index in [1.807, 2.05) is 11.8 Å². The molecular weight excluding hydrogens is 302 g/mol. The summed E-state index contributed by atoms with van der Waals surface area (Å²) in [4.78, 5) is 4.86. The Morgan fingerprint density at radius 3 is 2.71 bits per heavy atom. The molecule has 3 heterocycles. The molecule has 2 aliphatic heterocycles. The largest absolute Gasteiger partial charge is 0.339 e. The van der Waals surface area contributed by atoms with Crippen LogP contribution < -0.4 is 5.32 Å². The normalized spacial score (nSPS) is 29.4. The minimum Gasteiger partial charge on any atom is -0.339 e. The lowest BCUT2D eigenvalue weighted by Gasteiger charge is -2.33. The van der Waals surface area contributed by atoms with E-state index in [0.717, 1.165) is 44.1 Å². The molecule has 118 valence electrons. The number of aromatic nitrogens is 2. The van der Waals surface area contributed by atoms with E-state index in [2.05, 4.69) is 36.1 Å². The van der Waals surface area contributed by atoms with E-state index in [9.17, 15) is 0 Å². The first-order valence-electron chi connectivity index (χ1n) is 8.07. The molecule has 0 radical (unpaired) electrons. The van der Waals surface area contributed by atoms with E-state index in [4.69, 9.17) is 9.51 Å². The Kier molecular flexibility index (Phi) is 5.17. The van der Waals surface area contributed by atoms with Crippen LogP contribution in [0.15, 0.2) is 4.52 Å². The minimum atomic E-state index is 0.102. The first-order chi connectivity index (χ1) is 10.3. The highest BCUT2D eigenvalue weighted by Gasteiger charge is 2.39. The molecule has 1 aromatic heterocycles. The highest BCUT2D eigenvalue weighted by atomic mass is 32.2. The summed E-state index contributed by atoms with van der Waals surface area (Å²) in [5.41, 5.74) is 0.102. The molecule has 6 heteroatoms. The predicted octanol–water partition coefficient (Wildman–Crippen LogP) is 3.40. The van der Waals surface area contributed by atoms with Crippen LogP contribution in [0.1, 0.15) is 56.5 Å². The number of rotatable bonds is 4. The van der Waals surface area contributed by atoms with Crippen molar-refractivity contribution in [3.8, 4) is 0 Å². The van der Waals surface area contributed by atoms with E-state index in [0.29, 0.717) is 10.5 Å². The van der Waals surface area contributed by atoms with Crippen molar-refractivity contribution >= 4 is 23.5 Å². The zero-order chi connectivity index (χ0) is 14.7. The van der Waals surface area contributed by atoms with Gasteiger partial charge in [-0.25, -0.2) is 0 Å². The van der Waals surface area contributed by atoms with E-state index >= 15 is 0 Å². The first-order valence-corrected chi connectivity index (χ1v) is 10.2. The monoisotopic (exact) mass is 327 g/mol. The molecule has 2 atom stereocenters. The summed E-state index contributed by atoms with van der Waals surface area (Å²) in [5, 5.41) is 8.83. The van der Waals surface area contributed by atoms with E-state index in [-0.39, 0.29) is 5.41 Å². The van der Waals surface area contributed by atoms with Gasteiger partial charge in [0, 0.05) is 16.8 Å². The fourth-order valence-electron chi connectivity index (χ4n) is 3.33. The Morgan fingerprint density at radius 1 is 1.24 bits per heavy atom. The molecule has 2 fully saturated rings. The average molecular weight is 328 g/mol. The van der Waals surface area contributed by atoms with Gasteiger partial charge in [0.2, 0.25) is 5.89 Å². The van der Waals surface area contributed by atoms with Crippen LogP contribution in [0, 0.1) is 0 Å². The molecule has 0 aromatic carbocycles. The Morgan fingerprint density at radius 2 is 2.00 bits per heavy atom. The van der Waals surface area contributed by atoms with Gasteiger partial charge in [0.15, 0.2) is 5.82 Å². The van der Waals surface area contributed by atoms with Gasteiger partial charge in [-0.15, -0.1) is 11.8 Å². The van der Waals surface area contributed by atoms with E-state index < -0.39 is 0 Å². The van der Waals surface area contributed by atoms with Crippen molar-refractivity contribution in [1.29, 1.82) is 0 Å². The number of thioether (sulfide) groups is 2. The van der Waals surface area contributed by atoms with Crippen LogP contribution in [-0.4, -0.2) is 40.0 Å². The summed E-state index contributed by atoms with van der Waals surface area (Å²) >= 11 is 4.06. The van der Waals surface area contributed by atoms with Crippen molar-refractivity contribution in [2.75, 3.05) is 24.6 Å². The van der Waals surface area contributed by atoms with Gasteiger partial charge in [-0.2, -0.15) is 16.7 Å². The van der Waals surface area contributed by atoms with Crippen molar-refractivity contribution in [2.24, 2.45) is 0 Å². The van der Waals surface area contributed by atoms with Crippen molar-refractivity contribution < 1.29 is 4.52 Å². The number of nitrogens with one attached hydrogen (secondary N) is 1. The average Bonchev–Trinajstić information content (AvgIpc) is 3.06. The molecule has 0 spiro atoms. The van der Waals surface area contributed by atoms with Gasteiger partial charge in [0.05, 0.1) is 10.7 Å². The Balaban J connectivity index is 1.81. The fourth-order valence-corrected chi connectivity index (χ4v) is 6.31. The fraction of sp³-hybridized carbons (Fsp3) is 0.867. The van der Waals surface area contributed by atoms with Crippen molar-refractivity contribution in [1.82, 2.24) is 15.5 Å². The van der Waals surface area contributed by atoms with Gasteiger partial charge in [0.1, 0.15) is 0 Å². The third-order valence-electron chi connectivity index (χ3n) is 4.84. The zero-order valence-electron chi connectivity index (χ0n) is 12.9. The lowest BCUT2D eigenvalue weighted by molar-refractivity contribution is 0.216. The van der Waals surface area contributed by atoms with Crippen LogP contribution in [0.2, 0.25) is 0 Å². The summed E-state index contributed by atoms with van der Waals surface area (Å²) in [6.07, 6.45) is 4.47. The van der Waals surface area contributed by atoms with Crippen LogP contribution in [-0.2, 0) is 5.41 Å². The lowest BCUT2D eigenvalue weighted by atomic mass is 9.76. The molecule has 4 nitrogen and oxygen atoms in total. The lowest BCUT2D eigenvalue weighted by Crippen LogP contribution is -2.39. The third-order valence-corrected chi connectivity index (χ3v) is 8.08. The smallest absolute Gasteiger partial charge is 0.232 e. The summed E-state index contributed by atoms with van der Waals surface area (Å²) in [7, 11) is 0. The maximum Gasteiger partial charge on any atom is 0.232 e. The van der Waals surface area contributed by atoms with Crippen LogP contribution in [0.3, 0.4) is 0 Å². The molecular formula is C15H25N3OS2. The molecule has 0 amide bonds. The minimum absolute atomic E-state index is 0.102. The molecule has 21 heavy (non-hydrogen) atoms. The number of piperidine rings is 1. The second-order valence-electron chi connectivity index (χ2n) is 5.95. The molecule has 3 rings (SSSR count). The molecule has 1 N–H and O–H groups in total. The summed E-state index contributed by atoms with van der Waals surface area (Å²) in [5.74, 6) is 4.25. The SMILES string of the molecule is CCC1SCCSC1c1noc(C2(CC)CCNCC2)n1. The van der Waals surface area contributed by atoms with Crippen LogP contribution in [0.5, 0.6) is 0 Å². The van der Waals surface area contributed by atoms with Gasteiger partial charge < -0.3 is 9.84 Å². The van der Waals surface area contributed by atoms with Crippen LogP contribution in [0.25, 0.3) is 0 Å². The van der Waals surface area contributed by atoms with Crippen LogP contribution >= 0.6 is 23.5 Å². The number of hydrogen-bond acceptors (Lipinski definition) is 6. The Bertz CT molecular complexity index is 460. The summed E-state index contributed by atoms with van der Waals surface area (Å²) < 4.78 is 5.73. The Labute approximate surface area is 135 Å². The molecule has 0 aliphatic carbocycles. The summed E-state index contributed by atoms with van der Waals surface area (Å²) in [6.45, 7) is 6.61. The second-order valence-corrected chi connectivity index (χ2v) is 8.55. The van der Waals surface area contributed by atoms with Gasteiger partial charge in [0.25, 0.3) is 0 Å². The predicted molar refractivity (Wildman–Crippen MR) is 90.1 cm³/mol. The standard InChI is InChI=1S/C15H25N3OS2/c1-3-11-12(21-10-9-20-11)13-17-14(19-18-13)15(4-2)5-7-16-8-6-15/h11-12,16H,3-10H2,1-2H3. The van der Waals surface area contributed by atoms with Gasteiger partial charge in [-0.3, -0.25) is 0 Å². The molecule has 2 aliphatic rings. The van der Waals surface area contributed by atoms with Gasteiger partial charge in [-0.05, 0) is 38.8 Å². The second kappa shape index (κ2) is 6.92. The quantitative estimate of drug-likeness (QED) is 0.915.